The van der Waals surface area contributed by atoms with E-state index in [9.17, 15) is 5.26 Å². The lowest BCUT2D eigenvalue weighted by atomic mass is 10.1. The molecule has 0 bridgehead atoms. The van der Waals surface area contributed by atoms with Crippen LogP contribution in [0.15, 0.2) is 22.7 Å². The first-order valence-electron chi connectivity index (χ1n) is 6.24. The topological polar surface area (TPSA) is 27.0 Å². The molecule has 3 rings (SSSR count). The van der Waals surface area contributed by atoms with Gasteiger partial charge in [-0.2, -0.15) is 5.26 Å². The Morgan fingerprint density at radius 2 is 2.06 bits per heavy atom. The summed E-state index contributed by atoms with van der Waals surface area (Å²) in [6, 6.07) is 9.06. The smallest absolute Gasteiger partial charge is 0.101 e. The van der Waals surface area contributed by atoms with Gasteiger partial charge >= 0.3 is 0 Å². The third-order valence-electron chi connectivity index (χ3n) is 3.53. The van der Waals surface area contributed by atoms with Crippen molar-refractivity contribution in [3.63, 3.8) is 0 Å². The van der Waals surface area contributed by atoms with E-state index in [4.69, 9.17) is 0 Å². The Morgan fingerprint density at radius 3 is 2.65 bits per heavy atom. The van der Waals surface area contributed by atoms with Crippen molar-refractivity contribution in [2.75, 3.05) is 11.4 Å². The van der Waals surface area contributed by atoms with E-state index >= 15 is 0 Å². The van der Waals surface area contributed by atoms with Crippen LogP contribution in [0.4, 0.5) is 5.69 Å². The van der Waals surface area contributed by atoms with E-state index in [1.807, 2.05) is 12.1 Å². The Kier molecular flexibility index (Phi) is 2.84. The van der Waals surface area contributed by atoms with Crippen LogP contribution in [-0.2, 0) is 0 Å². The molecule has 0 atom stereocenters. The number of hydrogen-bond donors (Lipinski definition) is 0. The summed E-state index contributed by atoms with van der Waals surface area (Å²) in [5.41, 5.74) is 1.93. The molecule has 1 aromatic rings. The second-order valence-electron chi connectivity index (χ2n) is 5.10. The van der Waals surface area contributed by atoms with Crippen molar-refractivity contribution in [1.82, 2.24) is 0 Å². The third kappa shape index (κ3) is 2.47. The molecule has 17 heavy (non-hydrogen) atoms. The number of hydrogen-bond acceptors (Lipinski definition) is 2. The van der Waals surface area contributed by atoms with Crippen LogP contribution in [0, 0.1) is 17.2 Å². The van der Waals surface area contributed by atoms with Crippen LogP contribution in [0.2, 0.25) is 0 Å². The summed E-state index contributed by atoms with van der Waals surface area (Å²) in [6.45, 7) is 1.14. The maximum atomic E-state index is 9.25. The first-order chi connectivity index (χ1) is 8.28. The number of nitrogens with zero attached hydrogens (tertiary/aromatic N) is 2. The molecule has 2 saturated carbocycles. The lowest BCUT2D eigenvalue weighted by Crippen LogP contribution is -2.28. The molecule has 0 N–H and O–H groups in total. The predicted molar refractivity (Wildman–Crippen MR) is 71.9 cm³/mol. The zero-order valence-corrected chi connectivity index (χ0v) is 11.3. The summed E-state index contributed by atoms with van der Waals surface area (Å²) in [4.78, 5) is 2.46. The fourth-order valence-corrected chi connectivity index (χ4v) is 2.62. The van der Waals surface area contributed by atoms with E-state index in [0.29, 0.717) is 6.04 Å². The molecular formula is C14H15BrN2. The van der Waals surface area contributed by atoms with E-state index in [1.54, 1.807) is 0 Å². The average Bonchev–Trinajstić information content (AvgIpc) is 3.18. The molecular weight excluding hydrogens is 276 g/mol. The molecule has 2 fully saturated rings. The number of nitriles is 1. The summed E-state index contributed by atoms with van der Waals surface area (Å²) in [6.07, 6.45) is 5.30. The first kappa shape index (κ1) is 11.1. The average molecular weight is 291 g/mol. The molecule has 0 amide bonds. The molecule has 0 aromatic heterocycles. The van der Waals surface area contributed by atoms with Crippen LogP contribution in [-0.4, -0.2) is 12.6 Å². The Bertz CT molecular complexity index is 470. The largest absolute Gasteiger partial charge is 0.367 e. The fraction of sp³-hybridized carbons (Fsp3) is 0.500. The summed E-state index contributed by atoms with van der Waals surface area (Å²) in [5, 5.41) is 9.25. The van der Waals surface area contributed by atoms with Gasteiger partial charge in [0.1, 0.15) is 6.07 Å². The highest BCUT2D eigenvalue weighted by atomic mass is 79.9. The molecule has 0 saturated heterocycles. The molecule has 2 aliphatic carbocycles. The van der Waals surface area contributed by atoms with Crippen LogP contribution >= 0.6 is 15.9 Å². The van der Waals surface area contributed by atoms with E-state index in [0.717, 1.165) is 28.2 Å². The van der Waals surface area contributed by atoms with Crippen LogP contribution in [0.1, 0.15) is 31.2 Å². The summed E-state index contributed by atoms with van der Waals surface area (Å²) in [5.74, 6) is 0.866. The zero-order chi connectivity index (χ0) is 11.8. The molecule has 0 aliphatic heterocycles. The fourth-order valence-electron chi connectivity index (χ4n) is 2.26. The third-order valence-corrected chi connectivity index (χ3v) is 4.02. The van der Waals surface area contributed by atoms with Gasteiger partial charge in [-0.1, -0.05) is 15.9 Å². The van der Waals surface area contributed by atoms with Crippen molar-refractivity contribution < 1.29 is 0 Å². The van der Waals surface area contributed by atoms with Gasteiger partial charge in [-0.05, 0) is 49.8 Å². The Balaban J connectivity index is 1.91. The van der Waals surface area contributed by atoms with E-state index in [2.05, 4.69) is 33.0 Å². The van der Waals surface area contributed by atoms with Crippen LogP contribution in [0.25, 0.3) is 0 Å². The van der Waals surface area contributed by atoms with Gasteiger partial charge in [0.05, 0.1) is 11.3 Å². The zero-order valence-electron chi connectivity index (χ0n) is 9.69. The minimum absolute atomic E-state index is 0.684. The monoisotopic (exact) mass is 290 g/mol. The SMILES string of the molecule is N#Cc1cc(Br)ccc1N(CC1CC1)C1CC1. The Labute approximate surface area is 110 Å². The Morgan fingerprint density at radius 1 is 1.29 bits per heavy atom. The highest BCUT2D eigenvalue weighted by molar-refractivity contribution is 9.10. The van der Waals surface area contributed by atoms with Crippen molar-refractivity contribution in [1.29, 1.82) is 5.26 Å². The molecule has 0 radical (unpaired) electrons. The van der Waals surface area contributed by atoms with Gasteiger partial charge in [-0.15, -0.1) is 0 Å². The molecule has 1 aromatic carbocycles. The number of anilines is 1. The molecule has 2 nitrogen and oxygen atoms in total. The second kappa shape index (κ2) is 4.34. The number of benzene rings is 1. The second-order valence-corrected chi connectivity index (χ2v) is 6.02. The lowest BCUT2D eigenvalue weighted by molar-refractivity contribution is 0.718. The van der Waals surface area contributed by atoms with Crippen molar-refractivity contribution in [2.24, 2.45) is 5.92 Å². The normalized spacial score (nSPS) is 18.8. The van der Waals surface area contributed by atoms with Gasteiger partial charge in [-0.3, -0.25) is 0 Å². The molecule has 0 spiro atoms. The maximum absolute atomic E-state index is 9.25. The van der Waals surface area contributed by atoms with E-state index in [1.165, 1.54) is 25.7 Å². The van der Waals surface area contributed by atoms with Crippen LogP contribution < -0.4 is 4.90 Å². The van der Waals surface area contributed by atoms with Crippen molar-refractivity contribution >= 4 is 21.6 Å². The summed E-state index contributed by atoms with van der Waals surface area (Å²) >= 11 is 3.43. The van der Waals surface area contributed by atoms with E-state index < -0.39 is 0 Å². The number of halogens is 1. The minimum atomic E-state index is 0.684. The van der Waals surface area contributed by atoms with Crippen LogP contribution in [0.3, 0.4) is 0 Å². The lowest BCUT2D eigenvalue weighted by Gasteiger charge is -2.25. The first-order valence-corrected chi connectivity index (χ1v) is 7.03. The molecule has 88 valence electrons. The van der Waals surface area contributed by atoms with Crippen LogP contribution in [0.5, 0.6) is 0 Å². The number of rotatable bonds is 4. The van der Waals surface area contributed by atoms with Gasteiger partial charge in [-0.25, -0.2) is 0 Å². The van der Waals surface area contributed by atoms with E-state index in [-0.39, 0.29) is 0 Å². The summed E-state index contributed by atoms with van der Waals surface area (Å²) in [7, 11) is 0. The predicted octanol–water partition coefficient (Wildman–Crippen LogP) is 3.70. The highest BCUT2D eigenvalue weighted by Crippen LogP contribution is 2.39. The van der Waals surface area contributed by atoms with Crippen molar-refractivity contribution in [2.45, 2.75) is 31.7 Å². The van der Waals surface area contributed by atoms with Crippen molar-refractivity contribution in [3.05, 3.63) is 28.2 Å². The quantitative estimate of drug-likeness (QED) is 0.845. The van der Waals surface area contributed by atoms with Gasteiger partial charge in [0.25, 0.3) is 0 Å². The van der Waals surface area contributed by atoms with Gasteiger partial charge < -0.3 is 4.90 Å². The molecule has 3 heteroatoms. The highest BCUT2D eigenvalue weighted by Gasteiger charge is 2.34. The molecule has 2 aliphatic rings. The van der Waals surface area contributed by atoms with Gasteiger partial charge in [0.2, 0.25) is 0 Å². The van der Waals surface area contributed by atoms with Gasteiger partial charge in [0.15, 0.2) is 0 Å². The molecule has 0 heterocycles. The van der Waals surface area contributed by atoms with Crippen molar-refractivity contribution in [3.8, 4) is 6.07 Å². The Hall–Kier alpha value is -1.01. The minimum Gasteiger partial charge on any atom is -0.367 e. The standard InChI is InChI=1S/C14H15BrN2/c15-12-3-6-14(11(7-12)8-16)17(13-4-5-13)9-10-1-2-10/h3,6-7,10,13H,1-2,4-5,9H2. The maximum Gasteiger partial charge on any atom is 0.101 e. The van der Waals surface area contributed by atoms with Gasteiger partial charge in [0, 0.05) is 17.1 Å². The molecule has 0 unspecified atom stereocenters. The summed E-state index contributed by atoms with van der Waals surface area (Å²) < 4.78 is 0.986.